The van der Waals surface area contributed by atoms with Gasteiger partial charge >= 0.3 is 0 Å². The number of hydrogen-bond donors (Lipinski definition) is 1. The van der Waals surface area contributed by atoms with E-state index >= 15 is 0 Å². The minimum absolute atomic E-state index is 0.235. The van der Waals surface area contributed by atoms with E-state index in [9.17, 15) is 5.11 Å². The lowest BCUT2D eigenvalue weighted by molar-refractivity contribution is 0.0781. The highest BCUT2D eigenvalue weighted by Gasteiger charge is 2.09. The summed E-state index contributed by atoms with van der Waals surface area (Å²) >= 11 is 1.79. The topological polar surface area (TPSA) is 56.5 Å². The van der Waals surface area contributed by atoms with Crippen LogP contribution in [0.1, 0.15) is 5.56 Å². The van der Waals surface area contributed by atoms with Crippen LogP contribution in [0.4, 0.5) is 0 Å². The van der Waals surface area contributed by atoms with Crippen molar-refractivity contribution >= 4 is 11.8 Å². The quantitative estimate of drug-likeness (QED) is 0.784. The molecule has 104 valence electrons. The highest BCUT2D eigenvalue weighted by Crippen LogP contribution is 2.12. The van der Waals surface area contributed by atoms with Crippen LogP contribution in [0.25, 0.3) is 0 Å². The first-order chi connectivity index (χ1) is 9.15. The molecule has 0 saturated heterocycles. The molecular weight excluding hydrogens is 260 g/mol. The predicted octanol–water partition coefficient (Wildman–Crippen LogP) is 1.59. The fourth-order valence-electron chi connectivity index (χ4n) is 1.60. The summed E-state index contributed by atoms with van der Waals surface area (Å²) in [6, 6.07) is 9.00. The summed E-state index contributed by atoms with van der Waals surface area (Å²) in [5.74, 6) is 1.67. The zero-order valence-electron chi connectivity index (χ0n) is 11.4. The molecule has 5 heteroatoms. The number of thioether (sulfide) groups is 1. The molecule has 19 heavy (non-hydrogen) atoms. The molecule has 4 nitrogen and oxygen atoms in total. The molecular formula is C14H20N2O2S. The van der Waals surface area contributed by atoms with Gasteiger partial charge < -0.3 is 14.7 Å². The maximum atomic E-state index is 9.87. The minimum Gasteiger partial charge on any atom is -0.491 e. The number of ether oxygens (including phenoxy) is 1. The molecule has 0 fully saturated rings. The van der Waals surface area contributed by atoms with E-state index < -0.39 is 6.10 Å². The lowest BCUT2D eigenvalue weighted by Crippen LogP contribution is -2.34. The van der Waals surface area contributed by atoms with Crippen molar-refractivity contribution < 1.29 is 9.84 Å². The fourth-order valence-corrected chi connectivity index (χ4v) is 2.09. The summed E-state index contributed by atoms with van der Waals surface area (Å²) in [5.41, 5.74) is 0.559. The van der Waals surface area contributed by atoms with Gasteiger partial charge in [0.2, 0.25) is 0 Å². The second-order valence-electron chi connectivity index (χ2n) is 4.36. The molecule has 0 bridgehead atoms. The number of benzene rings is 1. The molecule has 1 aromatic rings. The highest BCUT2D eigenvalue weighted by atomic mass is 32.2. The van der Waals surface area contributed by atoms with Gasteiger partial charge in [0, 0.05) is 18.8 Å². The van der Waals surface area contributed by atoms with Gasteiger partial charge in [0.1, 0.15) is 18.5 Å². The Balaban J connectivity index is 2.33. The van der Waals surface area contributed by atoms with E-state index in [0.717, 1.165) is 12.3 Å². The van der Waals surface area contributed by atoms with E-state index in [-0.39, 0.29) is 6.61 Å². The van der Waals surface area contributed by atoms with Crippen molar-refractivity contribution in [3.05, 3.63) is 29.8 Å². The highest BCUT2D eigenvalue weighted by molar-refractivity contribution is 7.98. The van der Waals surface area contributed by atoms with Gasteiger partial charge in [0.05, 0.1) is 11.6 Å². The summed E-state index contributed by atoms with van der Waals surface area (Å²) in [7, 11) is 1.98. The molecule has 0 aliphatic carbocycles. The Morgan fingerprint density at radius 3 is 3.00 bits per heavy atom. The van der Waals surface area contributed by atoms with Crippen molar-refractivity contribution in [1.29, 1.82) is 5.26 Å². The summed E-state index contributed by atoms with van der Waals surface area (Å²) in [4.78, 5) is 2.08. The van der Waals surface area contributed by atoms with Crippen molar-refractivity contribution in [2.45, 2.75) is 6.10 Å². The summed E-state index contributed by atoms with van der Waals surface area (Å²) in [5, 5.41) is 18.6. The first-order valence-corrected chi connectivity index (χ1v) is 7.53. The molecule has 0 radical (unpaired) electrons. The average Bonchev–Trinajstić information content (AvgIpc) is 2.43. The van der Waals surface area contributed by atoms with Crippen LogP contribution in [-0.4, -0.2) is 54.9 Å². The number of nitriles is 1. The van der Waals surface area contributed by atoms with E-state index in [1.807, 2.05) is 7.05 Å². The molecule has 0 heterocycles. The Hall–Kier alpha value is -1.22. The third-order valence-electron chi connectivity index (χ3n) is 2.61. The largest absolute Gasteiger partial charge is 0.491 e. The lowest BCUT2D eigenvalue weighted by atomic mass is 10.2. The normalized spacial score (nSPS) is 12.2. The molecule has 1 unspecified atom stereocenters. The Kier molecular flexibility index (Phi) is 7.34. The average molecular weight is 280 g/mol. The van der Waals surface area contributed by atoms with Crippen LogP contribution in [0.15, 0.2) is 24.3 Å². The summed E-state index contributed by atoms with van der Waals surface area (Å²) < 4.78 is 5.48. The molecule has 1 N–H and O–H groups in total. The number of aliphatic hydroxyl groups is 1. The molecule has 1 aromatic carbocycles. The van der Waals surface area contributed by atoms with E-state index in [2.05, 4.69) is 17.2 Å². The van der Waals surface area contributed by atoms with E-state index in [4.69, 9.17) is 10.00 Å². The van der Waals surface area contributed by atoms with E-state index in [1.165, 1.54) is 0 Å². The molecule has 0 aliphatic rings. The second-order valence-corrected chi connectivity index (χ2v) is 5.35. The lowest BCUT2D eigenvalue weighted by Gasteiger charge is -2.20. The Labute approximate surface area is 119 Å². The van der Waals surface area contributed by atoms with Crippen LogP contribution in [-0.2, 0) is 0 Å². The van der Waals surface area contributed by atoms with Crippen LogP contribution in [0, 0.1) is 11.3 Å². The number of aliphatic hydroxyl groups excluding tert-OH is 1. The van der Waals surface area contributed by atoms with Crippen LogP contribution in [0.5, 0.6) is 5.75 Å². The van der Waals surface area contributed by atoms with Crippen LogP contribution in [0.2, 0.25) is 0 Å². The van der Waals surface area contributed by atoms with E-state index in [1.54, 1.807) is 36.0 Å². The molecule has 0 spiro atoms. The molecule has 0 aliphatic heterocycles. The number of hydrogen-bond acceptors (Lipinski definition) is 5. The van der Waals surface area contributed by atoms with Gasteiger partial charge in [-0.25, -0.2) is 0 Å². The number of likely N-dealkylation sites (N-methyl/N-ethyl adjacent to an activating group) is 1. The zero-order valence-corrected chi connectivity index (χ0v) is 12.2. The third kappa shape index (κ3) is 6.48. The molecule has 0 aromatic heterocycles. The van der Waals surface area contributed by atoms with Crippen molar-refractivity contribution in [2.24, 2.45) is 0 Å². The van der Waals surface area contributed by atoms with Gasteiger partial charge in [-0.2, -0.15) is 17.0 Å². The Morgan fingerprint density at radius 1 is 1.53 bits per heavy atom. The molecule has 0 amide bonds. The predicted molar refractivity (Wildman–Crippen MR) is 78.5 cm³/mol. The van der Waals surface area contributed by atoms with Gasteiger partial charge in [-0.3, -0.25) is 0 Å². The van der Waals surface area contributed by atoms with Crippen molar-refractivity contribution in [3.63, 3.8) is 0 Å². The molecule has 1 rings (SSSR count). The Morgan fingerprint density at radius 2 is 2.32 bits per heavy atom. The van der Waals surface area contributed by atoms with Crippen LogP contribution >= 0.6 is 11.8 Å². The minimum atomic E-state index is -0.530. The van der Waals surface area contributed by atoms with Gasteiger partial charge in [-0.05, 0) is 31.5 Å². The smallest absolute Gasteiger partial charge is 0.120 e. The summed E-state index contributed by atoms with van der Waals surface area (Å²) in [6.45, 7) is 1.76. The maximum absolute atomic E-state index is 9.87. The number of nitrogens with zero attached hydrogens (tertiary/aromatic N) is 2. The first-order valence-electron chi connectivity index (χ1n) is 6.14. The van der Waals surface area contributed by atoms with Gasteiger partial charge in [-0.1, -0.05) is 6.07 Å². The summed E-state index contributed by atoms with van der Waals surface area (Å²) in [6.07, 6.45) is 1.54. The zero-order chi connectivity index (χ0) is 14.1. The molecule has 1 atom stereocenters. The van der Waals surface area contributed by atoms with Crippen molar-refractivity contribution in [1.82, 2.24) is 4.90 Å². The maximum Gasteiger partial charge on any atom is 0.120 e. The van der Waals surface area contributed by atoms with Crippen LogP contribution < -0.4 is 4.74 Å². The third-order valence-corrected chi connectivity index (χ3v) is 3.20. The molecule has 0 saturated carbocycles. The van der Waals surface area contributed by atoms with Crippen molar-refractivity contribution in [3.8, 4) is 11.8 Å². The van der Waals surface area contributed by atoms with Gasteiger partial charge in [-0.15, -0.1) is 0 Å². The number of rotatable bonds is 8. The SMILES string of the molecule is CSCCN(C)CC(O)COc1cccc(C#N)c1. The fraction of sp³-hybridized carbons (Fsp3) is 0.500. The monoisotopic (exact) mass is 280 g/mol. The van der Waals surface area contributed by atoms with Gasteiger partial charge in [0.25, 0.3) is 0 Å². The van der Waals surface area contributed by atoms with Crippen LogP contribution in [0.3, 0.4) is 0 Å². The van der Waals surface area contributed by atoms with E-state index in [0.29, 0.717) is 17.9 Å². The van der Waals surface area contributed by atoms with Gasteiger partial charge in [0.15, 0.2) is 0 Å². The standard InChI is InChI=1S/C14H20N2O2S/c1-16(6-7-19-2)10-13(17)11-18-14-5-3-4-12(8-14)9-15/h3-5,8,13,17H,6-7,10-11H2,1-2H3. The second kappa shape index (κ2) is 8.81. The Bertz CT molecular complexity index is 420. The first kappa shape index (κ1) is 15.8. The van der Waals surface area contributed by atoms with Crippen molar-refractivity contribution in [2.75, 3.05) is 38.8 Å².